The molecule has 0 saturated carbocycles. The number of ether oxygens (including phenoxy) is 1. The monoisotopic (exact) mass is 407 g/mol. The zero-order valence-corrected chi connectivity index (χ0v) is 15.7. The molecule has 2 aromatic heterocycles. The van der Waals surface area contributed by atoms with Crippen LogP contribution in [0.4, 0.5) is 0 Å². The molecule has 0 aliphatic heterocycles. The van der Waals surface area contributed by atoms with Crippen LogP contribution in [0.1, 0.15) is 29.3 Å². The molecule has 1 atom stereocenters. The lowest BCUT2D eigenvalue weighted by molar-refractivity contribution is -0.125. The first-order valence-corrected chi connectivity index (χ1v) is 8.75. The van der Waals surface area contributed by atoms with Crippen molar-refractivity contribution in [2.45, 2.75) is 13.0 Å². The molecule has 0 unspecified atom stereocenters. The van der Waals surface area contributed by atoms with Gasteiger partial charge in [-0.25, -0.2) is 4.79 Å². The van der Waals surface area contributed by atoms with Crippen molar-refractivity contribution < 1.29 is 23.2 Å². The molecule has 0 saturated heterocycles. The highest BCUT2D eigenvalue weighted by atomic mass is 35.5. The zero-order valence-electron chi connectivity index (χ0n) is 14.2. The number of nitrogens with one attached hydrogen (secondary N) is 1. The van der Waals surface area contributed by atoms with Crippen molar-refractivity contribution in [2.75, 3.05) is 6.61 Å². The number of hydrogen-bond donors (Lipinski definition) is 1. The van der Waals surface area contributed by atoms with Gasteiger partial charge in [0, 0.05) is 5.56 Å². The van der Waals surface area contributed by atoms with Gasteiger partial charge in [0.15, 0.2) is 6.61 Å². The average Bonchev–Trinajstić information content (AvgIpc) is 3.34. The highest BCUT2D eigenvalue weighted by Gasteiger charge is 2.18. The van der Waals surface area contributed by atoms with Crippen molar-refractivity contribution in [3.63, 3.8) is 0 Å². The van der Waals surface area contributed by atoms with E-state index in [0.29, 0.717) is 27.1 Å². The second kappa shape index (κ2) is 8.33. The Morgan fingerprint density at radius 1 is 1.15 bits per heavy atom. The number of carbonyl (C=O) groups excluding carboxylic acids is 2. The first kappa shape index (κ1) is 19.1. The Labute approximate surface area is 165 Å². The Balaban J connectivity index is 1.58. The number of furan rings is 2. The highest BCUT2D eigenvalue weighted by Crippen LogP contribution is 2.34. The second-order valence-corrected chi connectivity index (χ2v) is 6.43. The summed E-state index contributed by atoms with van der Waals surface area (Å²) in [7, 11) is 0. The van der Waals surface area contributed by atoms with Crippen LogP contribution in [-0.2, 0) is 9.53 Å². The van der Waals surface area contributed by atoms with Gasteiger partial charge in [-0.15, -0.1) is 0 Å². The molecule has 1 aromatic carbocycles. The first-order valence-electron chi connectivity index (χ1n) is 8.00. The summed E-state index contributed by atoms with van der Waals surface area (Å²) < 4.78 is 15.6. The van der Waals surface area contributed by atoms with Gasteiger partial charge >= 0.3 is 5.97 Å². The molecule has 3 rings (SSSR count). The van der Waals surface area contributed by atoms with Crippen molar-refractivity contribution in [1.82, 2.24) is 5.32 Å². The Morgan fingerprint density at radius 3 is 2.70 bits per heavy atom. The van der Waals surface area contributed by atoms with Crippen LogP contribution in [-0.4, -0.2) is 18.5 Å². The maximum Gasteiger partial charge on any atom is 0.374 e. The Hall–Kier alpha value is -2.70. The zero-order chi connectivity index (χ0) is 19.4. The quantitative estimate of drug-likeness (QED) is 0.588. The summed E-state index contributed by atoms with van der Waals surface area (Å²) in [6.07, 6.45) is 1.51. The van der Waals surface area contributed by atoms with E-state index in [9.17, 15) is 9.59 Å². The second-order valence-electron chi connectivity index (χ2n) is 5.65. The summed E-state index contributed by atoms with van der Waals surface area (Å²) in [6, 6.07) is 11.2. The standard InChI is InChI=1S/C19H15Cl2NO5/c1-11(14-6-3-9-25-14)22-17(23)10-26-19(24)16-8-7-15(27-16)12-4-2-5-13(20)18(12)21/h2-9,11H,10H2,1H3,(H,22,23)/t11-/m0/s1. The fraction of sp³-hybridized carbons (Fsp3) is 0.158. The number of hydrogen-bond acceptors (Lipinski definition) is 5. The largest absolute Gasteiger partial charge is 0.467 e. The van der Waals surface area contributed by atoms with Crippen LogP contribution < -0.4 is 5.32 Å². The minimum atomic E-state index is -0.764. The number of amides is 1. The van der Waals surface area contributed by atoms with Gasteiger partial charge in [-0.2, -0.15) is 0 Å². The van der Waals surface area contributed by atoms with Crippen molar-refractivity contribution in [2.24, 2.45) is 0 Å². The SMILES string of the molecule is C[C@H](NC(=O)COC(=O)c1ccc(-c2cccc(Cl)c2Cl)o1)c1ccco1. The molecule has 27 heavy (non-hydrogen) atoms. The van der Waals surface area contributed by atoms with Gasteiger partial charge in [0.1, 0.15) is 11.5 Å². The van der Waals surface area contributed by atoms with Crippen molar-refractivity contribution >= 4 is 35.1 Å². The fourth-order valence-corrected chi connectivity index (χ4v) is 2.77. The van der Waals surface area contributed by atoms with E-state index >= 15 is 0 Å². The molecule has 6 nitrogen and oxygen atoms in total. The van der Waals surface area contributed by atoms with E-state index in [1.165, 1.54) is 12.3 Å². The summed E-state index contributed by atoms with van der Waals surface area (Å²) in [5.74, 6) is -0.306. The van der Waals surface area contributed by atoms with Gasteiger partial charge in [0.2, 0.25) is 5.76 Å². The van der Waals surface area contributed by atoms with Crippen molar-refractivity contribution in [1.29, 1.82) is 0 Å². The fourth-order valence-electron chi connectivity index (χ4n) is 2.38. The van der Waals surface area contributed by atoms with Gasteiger partial charge in [-0.3, -0.25) is 4.79 Å². The van der Waals surface area contributed by atoms with Crippen molar-refractivity contribution in [3.8, 4) is 11.3 Å². The van der Waals surface area contributed by atoms with Gasteiger partial charge < -0.3 is 18.9 Å². The number of esters is 1. The molecule has 140 valence electrons. The van der Waals surface area contributed by atoms with Crippen LogP contribution in [0.3, 0.4) is 0 Å². The van der Waals surface area contributed by atoms with E-state index < -0.39 is 18.5 Å². The van der Waals surface area contributed by atoms with Crippen LogP contribution in [0.5, 0.6) is 0 Å². The van der Waals surface area contributed by atoms with Crippen molar-refractivity contribution in [3.05, 3.63) is 70.3 Å². The lowest BCUT2D eigenvalue weighted by Crippen LogP contribution is -2.30. The predicted octanol–water partition coefficient (Wildman–Crippen LogP) is 4.88. The summed E-state index contributed by atoms with van der Waals surface area (Å²) >= 11 is 12.1. The van der Waals surface area contributed by atoms with E-state index in [2.05, 4.69) is 5.32 Å². The highest BCUT2D eigenvalue weighted by molar-refractivity contribution is 6.43. The molecule has 1 N–H and O–H groups in total. The van der Waals surface area contributed by atoms with E-state index in [1.54, 1.807) is 43.3 Å². The molecule has 0 spiro atoms. The molecular formula is C19H15Cl2NO5. The van der Waals surface area contributed by atoms with E-state index in [0.717, 1.165) is 0 Å². The maximum absolute atomic E-state index is 12.1. The summed E-state index contributed by atoms with van der Waals surface area (Å²) in [6.45, 7) is 1.31. The molecule has 0 bridgehead atoms. The lowest BCUT2D eigenvalue weighted by atomic mass is 10.2. The summed E-state index contributed by atoms with van der Waals surface area (Å²) in [4.78, 5) is 24.0. The number of benzene rings is 1. The number of halogens is 2. The third kappa shape index (κ3) is 4.53. The third-order valence-corrected chi connectivity index (χ3v) is 4.52. The first-order chi connectivity index (χ1) is 13.0. The Kier molecular flexibility index (Phi) is 5.88. The lowest BCUT2D eigenvalue weighted by Gasteiger charge is -2.11. The molecule has 1 amide bonds. The minimum absolute atomic E-state index is 0.0482. The molecular weight excluding hydrogens is 393 g/mol. The third-order valence-electron chi connectivity index (χ3n) is 3.71. The maximum atomic E-state index is 12.1. The van der Waals surface area contributed by atoms with E-state index in [4.69, 9.17) is 36.8 Å². The van der Waals surface area contributed by atoms with Gasteiger partial charge in [0.25, 0.3) is 5.91 Å². The average molecular weight is 408 g/mol. The van der Waals surface area contributed by atoms with Crippen LogP contribution in [0.2, 0.25) is 10.0 Å². The molecule has 0 radical (unpaired) electrons. The number of carbonyl (C=O) groups is 2. The molecule has 0 aliphatic carbocycles. The minimum Gasteiger partial charge on any atom is -0.467 e. The van der Waals surface area contributed by atoms with Crippen LogP contribution in [0, 0.1) is 0 Å². The van der Waals surface area contributed by atoms with Gasteiger partial charge in [-0.05, 0) is 43.3 Å². The summed E-state index contributed by atoms with van der Waals surface area (Å²) in [5.41, 5.74) is 0.549. The summed E-state index contributed by atoms with van der Waals surface area (Å²) in [5, 5.41) is 3.35. The normalized spacial score (nSPS) is 11.8. The van der Waals surface area contributed by atoms with Crippen LogP contribution >= 0.6 is 23.2 Å². The van der Waals surface area contributed by atoms with E-state index in [-0.39, 0.29) is 11.8 Å². The molecule has 0 aliphatic rings. The van der Waals surface area contributed by atoms with Gasteiger partial charge in [-0.1, -0.05) is 29.3 Å². The van der Waals surface area contributed by atoms with Crippen LogP contribution in [0.25, 0.3) is 11.3 Å². The smallest absolute Gasteiger partial charge is 0.374 e. The molecule has 0 fully saturated rings. The Morgan fingerprint density at radius 2 is 1.96 bits per heavy atom. The molecule has 8 heteroatoms. The molecule has 3 aromatic rings. The van der Waals surface area contributed by atoms with E-state index in [1.807, 2.05) is 0 Å². The topological polar surface area (TPSA) is 81.7 Å². The molecule has 2 heterocycles. The Bertz CT molecular complexity index is 949. The van der Waals surface area contributed by atoms with Crippen LogP contribution in [0.15, 0.2) is 57.6 Å². The predicted molar refractivity (Wildman–Crippen MR) is 99.7 cm³/mol. The van der Waals surface area contributed by atoms with Gasteiger partial charge in [0.05, 0.1) is 22.4 Å². The number of rotatable bonds is 6.